The van der Waals surface area contributed by atoms with Crippen molar-refractivity contribution in [1.82, 2.24) is 10.2 Å². The molecule has 0 aromatic heterocycles. The summed E-state index contributed by atoms with van der Waals surface area (Å²) in [4.78, 5) is 13.9. The maximum atomic E-state index is 11.5. The van der Waals surface area contributed by atoms with Crippen LogP contribution in [0.5, 0.6) is 0 Å². The van der Waals surface area contributed by atoms with E-state index in [0.717, 1.165) is 32.5 Å². The quantitative estimate of drug-likeness (QED) is 0.643. The molecule has 0 aliphatic rings. The molecule has 3 N–H and O–H groups in total. The lowest BCUT2D eigenvalue weighted by molar-refractivity contribution is -0.123. The van der Waals surface area contributed by atoms with E-state index in [1.165, 1.54) is 0 Å². The zero-order valence-corrected chi connectivity index (χ0v) is 11.8. The lowest BCUT2D eigenvalue weighted by Crippen LogP contribution is -2.44. The minimum Gasteiger partial charge on any atom is -0.352 e. The number of nitrogens with one attached hydrogen (secondary N) is 1. The number of amides is 1. The Balaban J connectivity index is 3.72. The van der Waals surface area contributed by atoms with Crippen LogP contribution in [0, 0.1) is 0 Å². The number of carbonyl (C=O) groups is 1. The molecular formula is C13H29N3O. The summed E-state index contributed by atoms with van der Waals surface area (Å²) in [5.74, 6) is -0.0251. The number of nitrogens with zero attached hydrogens (tertiary/aromatic N) is 1. The van der Waals surface area contributed by atoms with Gasteiger partial charge in [-0.2, -0.15) is 0 Å². The third-order valence-corrected chi connectivity index (χ3v) is 3.17. The molecule has 0 bridgehead atoms. The SMILES string of the molecule is CC[C@@H](N)C(=O)NC(C)CCCN(CC)CC. The number of carbonyl (C=O) groups excluding carboxylic acids is 1. The summed E-state index contributed by atoms with van der Waals surface area (Å²) < 4.78 is 0. The van der Waals surface area contributed by atoms with Gasteiger partial charge in [0, 0.05) is 6.04 Å². The van der Waals surface area contributed by atoms with E-state index in [1.807, 2.05) is 13.8 Å². The molecular weight excluding hydrogens is 214 g/mol. The Kier molecular flexibility index (Phi) is 9.09. The van der Waals surface area contributed by atoms with Gasteiger partial charge in [0.15, 0.2) is 0 Å². The lowest BCUT2D eigenvalue weighted by Gasteiger charge is -2.20. The van der Waals surface area contributed by atoms with E-state index in [4.69, 9.17) is 5.73 Å². The number of hydrogen-bond donors (Lipinski definition) is 2. The number of nitrogens with two attached hydrogens (primary N) is 1. The molecule has 0 aromatic carbocycles. The van der Waals surface area contributed by atoms with Crippen LogP contribution in [0.4, 0.5) is 0 Å². The molecule has 0 aliphatic carbocycles. The zero-order valence-electron chi connectivity index (χ0n) is 11.8. The minimum absolute atomic E-state index is 0.0251. The highest BCUT2D eigenvalue weighted by molar-refractivity contribution is 5.81. The first-order chi connectivity index (χ1) is 8.04. The zero-order chi connectivity index (χ0) is 13.3. The Morgan fingerprint density at radius 1 is 1.29 bits per heavy atom. The fraction of sp³-hybridized carbons (Fsp3) is 0.923. The minimum atomic E-state index is -0.361. The molecule has 1 unspecified atom stereocenters. The van der Waals surface area contributed by atoms with Crippen molar-refractivity contribution in [3.05, 3.63) is 0 Å². The maximum absolute atomic E-state index is 11.5. The van der Waals surface area contributed by atoms with Gasteiger partial charge < -0.3 is 16.0 Å². The fourth-order valence-corrected chi connectivity index (χ4v) is 1.77. The molecule has 1 amide bonds. The predicted octanol–water partition coefficient (Wildman–Crippen LogP) is 1.35. The van der Waals surface area contributed by atoms with Crippen molar-refractivity contribution in [1.29, 1.82) is 0 Å². The normalized spacial score (nSPS) is 14.7. The van der Waals surface area contributed by atoms with Crippen LogP contribution in [-0.4, -0.2) is 42.5 Å². The average molecular weight is 243 g/mol. The van der Waals surface area contributed by atoms with Crippen molar-refractivity contribution in [3.8, 4) is 0 Å². The van der Waals surface area contributed by atoms with Gasteiger partial charge in [-0.15, -0.1) is 0 Å². The second-order valence-corrected chi connectivity index (χ2v) is 4.59. The molecule has 0 fully saturated rings. The third kappa shape index (κ3) is 7.34. The van der Waals surface area contributed by atoms with Gasteiger partial charge in [0.1, 0.15) is 0 Å². The van der Waals surface area contributed by atoms with Gasteiger partial charge in [-0.25, -0.2) is 0 Å². The van der Waals surface area contributed by atoms with Gasteiger partial charge in [0.2, 0.25) is 5.91 Å². The van der Waals surface area contributed by atoms with Crippen molar-refractivity contribution >= 4 is 5.91 Å². The summed E-state index contributed by atoms with van der Waals surface area (Å²) in [5, 5.41) is 2.96. The van der Waals surface area contributed by atoms with Crippen LogP contribution in [-0.2, 0) is 4.79 Å². The van der Waals surface area contributed by atoms with E-state index in [0.29, 0.717) is 6.42 Å². The predicted molar refractivity (Wildman–Crippen MR) is 72.9 cm³/mol. The molecule has 0 heterocycles. The Bertz CT molecular complexity index is 205. The number of hydrogen-bond acceptors (Lipinski definition) is 3. The Morgan fingerprint density at radius 3 is 2.35 bits per heavy atom. The lowest BCUT2D eigenvalue weighted by atomic mass is 10.1. The number of rotatable bonds is 9. The van der Waals surface area contributed by atoms with Crippen LogP contribution in [0.15, 0.2) is 0 Å². The molecule has 102 valence electrons. The van der Waals surface area contributed by atoms with Crippen LogP contribution >= 0.6 is 0 Å². The van der Waals surface area contributed by atoms with Crippen LogP contribution < -0.4 is 11.1 Å². The van der Waals surface area contributed by atoms with Crippen LogP contribution in [0.2, 0.25) is 0 Å². The van der Waals surface area contributed by atoms with Crippen molar-refractivity contribution in [2.45, 2.75) is 59.0 Å². The van der Waals surface area contributed by atoms with Gasteiger partial charge in [-0.3, -0.25) is 4.79 Å². The third-order valence-electron chi connectivity index (χ3n) is 3.17. The molecule has 0 radical (unpaired) electrons. The molecule has 0 spiro atoms. The molecule has 2 atom stereocenters. The highest BCUT2D eigenvalue weighted by atomic mass is 16.2. The molecule has 0 saturated carbocycles. The standard InChI is InChI=1S/C13H29N3O/c1-5-12(14)13(17)15-11(4)9-8-10-16(6-2)7-3/h11-12H,5-10,14H2,1-4H3,(H,15,17)/t11?,12-/m1/s1. The van der Waals surface area contributed by atoms with Crippen molar-refractivity contribution in [2.75, 3.05) is 19.6 Å². The Labute approximate surface area is 106 Å². The summed E-state index contributed by atoms with van der Waals surface area (Å²) in [6, 6.07) is -0.143. The van der Waals surface area contributed by atoms with Gasteiger partial charge >= 0.3 is 0 Å². The van der Waals surface area contributed by atoms with E-state index in [9.17, 15) is 4.79 Å². The first-order valence-corrected chi connectivity index (χ1v) is 6.83. The topological polar surface area (TPSA) is 58.4 Å². The monoisotopic (exact) mass is 243 g/mol. The highest BCUT2D eigenvalue weighted by Crippen LogP contribution is 2.00. The van der Waals surface area contributed by atoms with E-state index in [1.54, 1.807) is 0 Å². The smallest absolute Gasteiger partial charge is 0.237 e. The largest absolute Gasteiger partial charge is 0.352 e. The summed E-state index contributed by atoms with van der Waals surface area (Å²) in [7, 11) is 0. The average Bonchev–Trinajstić information content (AvgIpc) is 2.33. The molecule has 0 aliphatic heterocycles. The summed E-state index contributed by atoms with van der Waals surface area (Å²) >= 11 is 0. The summed E-state index contributed by atoms with van der Waals surface area (Å²) in [5.41, 5.74) is 5.66. The van der Waals surface area contributed by atoms with Gasteiger partial charge in [0.25, 0.3) is 0 Å². The van der Waals surface area contributed by atoms with Gasteiger partial charge in [-0.1, -0.05) is 20.8 Å². The fourth-order valence-electron chi connectivity index (χ4n) is 1.77. The second-order valence-electron chi connectivity index (χ2n) is 4.59. The first kappa shape index (κ1) is 16.4. The Morgan fingerprint density at radius 2 is 1.88 bits per heavy atom. The summed E-state index contributed by atoms with van der Waals surface area (Å²) in [6.45, 7) is 11.6. The second kappa shape index (κ2) is 9.42. The van der Waals surface area contributed by atoms with E-state index >= 15 is 0 Å². The molecule has 0 saturated heterocycles. The molecule has 0 aromatic rings. The van der Waals surface area contributed by atoms with Crippen molar-refractivity contribution in [2.24, 2.45) is 5.73 Å². The van der Waals surface area contributed by atoms with Crippen LogP contribution in [0.1, 0.15) is 47.0 Å². The van der Waals surface area contributed by atoms with Crippen molar-refractivity contribution in [3.63, 3.8) is 0 Å². The Hall–Kier alpha value is -0.610. The van der Waals surface area contributed by atoms with E-state index < -0.39 is 0 Å². The van der Waals surface area contributed by atoms with E-state index in [-0.39, 0.29) is 18.0 Å². The first-order valence-electron chi connectivity index (χ1n) is 6.83. The molecule has 4 heteroatoms. The maximum Gasteiger partial charge on any atom is 0.237 e. The summed E-state index contributed by atoms with van der Waals surface area (Å²) in [6.07, 6.45) is 2.82. The van der Waals surface area contributed by atoms with Crippen molar-refractivity contribution < 1.29 is 4.79 Å². The molecule has 4 nitrogen and oxygen atoms in total. The van der Waals surface area contributed by atoms with Gasteiger partial charge in [0.05, 0.1) is 6.04 Å². The highest BCUT2D eigenvalue weighted by Gasteiger charge is 2.13. The van der Waals surface area contributed by atoms with Crippen LogP contribution in [0.25, 0.3) is 0 Å². The molecule has 17 heavy (non-hydrogen) atoms. The van der Waals surface area contributed by atoms with E-state index in [2.05, 4.69) is 24.1 Å². The van der Waals surface area contributed by atoms with Gasteiger partial charge in [-0.05, 0) is 45.8 Å². The molecule has 0 rings (SSSR count). The van der Waals surface area contributed by atoms with Crippen LogP contribution in [0.3, 0.4) is 0 Å².